The van der Waals surface area contributed by atoms with Gasteiger partial charge in [0, 0.05) is 53.1 Å². The highest BCUT2D eigenvalue weighted by Crippen LogP contribution is 2.27. The van der Waals surface area contributed by atoms with Crippen LogP contribution in [0.4, 0.5) is 5.69 Å². The molecule has 0 N–H and O–H groups in total. The molecule has 0 aromatic heterocycles. The Morgan fingerprint density at radius 1 is 1.18 bits per heavy atom. The predicted molar refractivity (Wildman–Crippen MR) is 106 cm³/mol. The molecule has 2 aliphatic rings. The first-order valence-corrected chi connectivity index (χ1v) is 11.0. The Bertz CT molecular complexity index is 800. The standard InChI is InChI=1S/C19H29N3O5S/c1-20(2)28(24,25)16-6-7-18(22-8-11-26-12-9-22)17(13-16)19(23)21(3)14-15-5-4-10-27-15/h6-7,13,15H,4-5,8-12,14H2,1-3H3. The van der Waals surface area contributed by atoms with Gasteiger partial charge in [-0.25, -0.2) is 12.7 Å². The van der Waals surface area contributed by atoms with E-state index in [2.05, 4.69) is 4.90 Å². The molecule has 2 aliphatic heterocycles. The van der Waals surface area contributed by atoms with Crippen LogP contribution in [-0.2, 0) is 19.5 Å². The van der Waals surface area contributed by atoms with E-state index in [0.717, 1.165) is 29.4 Å². The van der Waals surface area contributed by atoms with Crippen molar-refractivity contribution < 1.29 is 22.7 Å². The minimum atomic E-state index is -3.63. The number of ether oxygens (including phenoxy) is 2. The number of anilines is 1. The van der Waals surface area contributed by atoms with E-state index in [0.29, 0.717) is 38.4 Å². The number of nitrogens with zero attached hydrogens (tertiary/aromatic N) is 3. The van der Waals surface area contributed by atoms with Crippen LogP contribution in [0, 0.1) is 0 Å². The number of hydrogen-bond acceptors (Lipinski definition) is 6. The molecule has 0 spiro atoms. The van der Waals surface area contributed by atoms with Crippen molar-refractivity contribution in [2.75, 3.05) is 65.5 Å². The number of sulfonamides is 1. The van der Waals surface area contributed by atoms with Crippen LogP contribution in [0.1, 0.15) is 23.2 Å². The van der Waals surface area contributed by atoms with Gasteiger partial charge in [-0.05, 0) is 31.0 Å². The molecule has 156 valence electrons. The van der Waals surface area contributed by atoms with Gasteiger partial charge in [-0.15, -0.1) is 0 Å². The maximum atomic E-state index is 13.2. The molecule has 2 heterocycles. The number of amides is 1. The van der Waals surface area contributed by atoms with Crippen molar-refractivity contribution in [3.05, 3.63) is 23.8 Å². The molecule has 0 aliphatic carbocycles. The minimum Gasteiger partial charge on any atom is -0.378 e. The molecule has 1 aromatic rings. The fourth-order valence-corrected chi connectivity index (χ4v) is 4.45. The van der Waals surface area contributed by atoms with Crippen molar-refractivity contribution in [1.29, 1.82) is 0 Å². The second-order valence-electron chi connectivity index (χ2n) is 7.39. The van der Waals surface area contributed by atoms with Gasteiger partial charge in [0.05, 0.1) is 29.8 Å². The first-order valence-electron chi connectivity index (χ1n) is 9.57. The van der Waals surface area contributed by atoms with E-state index >= 15 is 0 Å². The summed E-state index contributed by atoms with van der Waals surface area (Å²) in [6.45, 7) is 3.70. The molecule has 1 atom stereocenters. The second-order valence-corrected chi connectivity index (χ2v) is 9.54. The summed E-state index contributed by atoms with van der Waals surface area (Å²) in [7, 11) is 1.07. The number of morpholine rings is 1. The van der Waals surface area contributed by atoms with Gasteiger partial charge in [-0.1, -0.05) is 0 Å². The third-order valence-corrected chi connectivity index (χ3v) is 6.99. The summed E-state index contributed by atoms with van der Waals surface area (Å²) in [5.74, 6) is -0.201. The lowest BCUT2D eigenvalue weighted by molar-refractivity contribution is 0.0586. The quantitative estimate of drug-likeness (QED) is 0.696. The Hall–Kier alpha value is -1.68. The third-order valence-electron chi connectivity index (χ3n) is 5.18. The van der Waals surface area contributed by atoms with Crippen molar-refractivity contribution in [2.24, 2.45) is 0 Å². The summed E-state index contributed by atoms with van der Waals surface area (Å²) < 4.78 is 37.4. The molecule has 1 amide bonds. The van der Waals surface area contributed by atoms with Crippen molar-refractivity contribution in [1.82, 2.24) is 9.21 Å². The highest BCUT2D eigenvalue weighted by molar-refractivity contribution is 7.89. The highest BCUT2D eigenvalue weighted by atomic mass is 32.2. The normalized spacial score (nSPS) is 20.6. The summed E-state index contributed by atoms with van der Waals surface area (Å²) in [5.41, 5.74) is 1.13. The van der Waals surface area contributed by atoms with Crippen LogP contribution in [0.3, 0.4) is 0 Å². The zero-order valence-electron chi connectivity index (χ0n) is 16.8. The number of carbonyl (C=O) groups is 1. The lowest BCUT2D eigenvalue weighted by Gasteiger charge is -2.31. The zero-order chi connectivity index (χ0) is 20.3. The van der Waals surface area contributed by atoms with Gasteiger partial charge in [-0.2, -0.15) is 0 Å². The summed E-state index contributed by atoms with van der Waals surface area (Å²) >= 11 is 0. The van der Waals surface area contributed by atoms with E-state index in [4.69, 9.17) is 9.47 Å². The first-order chi connectivity index (χ1) is 13.3. The van der Waals surface area contributed by atoms with Gasteiger partial charge in [0.25, 0.3) is 5.91 Å². The molecular weight excluding hydrogens is 382 g/mol. The van der Waals surface area contributed by atoms with E-state index in [9.17, 15) is 13.2 Å². The molecule has 0 radical (unpaired) electrons. The van der Waals surface area contributed by atoms with Crippen LogP contribution in [0.2, 0.25) is 0 Å². The summed E-state index contributed by atoms with van der Waals surface area (Å²) in [5, 5.41) is 0. The number of carbonyl (C=O) groups excluding carboxylic acids is 1. The van der Waals surface area contributed by atoms with Gasteiger partial charge >= 0.3 is 0 Å². The fourth-order valence-electron chi connectivity index (χ4n) is 3.52. The van der Waals surface area contributed by atoms with E-state index in [1.165, 1.54) is 20.2 Å². The van der Waals surface area contributed by atoms with Gasteiger partial charge in [-0.3, -0.25) is 4.79 Å². The molecule has 2 fully saturated rings. The van der Waals surface area contributed by atoms with Crippen LogP contribution in [0.5, 0.6) is 0 Å². The van der Waals surface area contributed by atoms with Crippen LogP contribution in [-0.4, -0.2) is 90.2 Å². The molecule has 28 heavy (non-hydrogen) atoms. The van der Waals surface area contributed by atoms with Crippen LogP contribution >= 0.6 is 0 Å². The molecule has 0 saturated carbocycles. The molecule has 0 bridgehead atoms. The molecule has 3 rings (SSSR count). The largest absolute Gasteiger partial charge is 0.378 e. The number of likely N-dealkylation sites (N-methyl/N-ethyl adjacent to an activating group) is 1. The summed E-state index contributed by atoms with van der Waals surface area (Å²) in [4.78, 5) is 17.1. The Labute approximate surface area is 167 Å². The van der Waals surface area contributed by atoms with Crippen LogP contribution in [0.25, 0.3) is 0 Å². The predicted octanol–water partition coefficient (Wildman–Crippen LogP) is 1.02. The van der Waals surface area contributed by atoms with Crippen molar-refractivity contribution in [3.63, 3.8) is 0 Å². The van der Waals surface area contributed by atoms with Crippen molar-refractivity contribution >= 4 is 21.6 Å². The Morgan fingerprint density at radius 2 is 1.89 bits per heavy atom. The molecule has 1 unspecified atom stereocenters. The molecule has 2 saturated heterocycles. The van der Waals surface area contributed by atoms with Gasteiger partial charge in [0.1, 0.15) is 0 Å². The average Bonchev–Trinajstić information content (AvgIpc) is 3.20. The van der Waals surface area contributed by atoms with Crippen LogP contribution in [0.15, 0.2) is 23.1 Å². The third kappa shape index (κ3) is 4.48. The fraction of sp³-hybridized carbons (Fsp3) is 0.632. The topological polar surface area (TPSA) is 79.4 Å². The van der Waals surface area contributed by atoms with Gasteiger partial charge in [0.2, 0.25) is 10.0 Å². The highest BCUT2D eigenvalue weighted by Gasteiger charge is 2.27. The zero-order valence-corrected chi connectivity index (χ0v) is 17.6. The lowest BCUT2D eigenvalue weighted by atomic mass is 10.1. The maximum absolute atomic E-state index is 13.2. The Kier molecular flexibility index (Phi) is 6.59. The number of benzene rings is 1. The average molecular weight is 412 g/mol. The Morgan fingerprint density at radius 3 is 2.50 bits per heavy atom. The van der Waals surface area contributed by atoms with Crippen molar-refractivity contribution in [3.8, 4) is 0 Å². The summed E-state index contributed by atoms with van der Waals surface area (Å²) in [6, 6.07) is 4.79. The van der Waals surface area contributed by atoms with Crippen molar-refractivity contribution in [2.45, 2.75) is 23.8 Å². The maximum Gasteiger partial charge on any atom is 0.255 e. The van der Waals surface area contributed by atoms with Gasteiger partial charge < -0.3 is 19.3 Å². The Balaban J connectivity index is 1.94. The van der Waals surface area contributed by atoms with E-state index in [-0.39, 0.29) is 16.9 Å². The van der Waals surface area contributed by atoms with Crippen LogP contribution < -0.4 is 4.90 Å². The van der Waals surface area contributed by atoms with E-state index < -0.39 is 10.0 Å². The molecule has 8 nitrogen and oxygen atoms in total. The van der Waals surface area contributed by atoms with Gasteiger partial charge in [0.15, 0.2) is 0 Å². The second kappa shape index (κ2) is 8.77. The number of rotatable bonds is 6. The minimum absolute atomic E-state index is 0.0366. The molecule has 1 aromatic carbocycles. The van der Waals surface area contributed by atoms with E-state index in [1.807, 2.05) is 0 Å². The summed E-state index contributed by atoms with van der Waals surface area (Å²) in [6.07, 6.45) is 1.97. The molecular formula is C19H29N3O5S. The lowest BCUT2D eigenvalue weighted by Crippen LogP contribution is -2.39. The number of hydrogen-bond donors (Lipinski definition) is 0. The SMILES string of the molecule is CN(CC1CCCO1)C(=O)c1cc(S(=O)(=O)N(C)C)ccc1N1CCOCC1. The van der Waals surface area contributed by atoms with E-state index in [1.54, 1.807) is 24.1 Å². The monoisotopic (exact) mass is 411 g/mol. The first kappa shape index (κ1) is 21.0. The smallest absolute Gasteiger partial charge is 0.255 e. The molecule has 9 heteroatoms.